The van der Waals surface area contributed by atoms with Gasteiger partial charge in [0.15, 0.2) is 0 Å². The van der Waals surface area contributed by atoms with Gasteiger partial charge < -0.3 is 9.72 Å². The third-order valence-electron chi connectivity index (χ3n) is 2.65. The maximum Gasteiger partial charge on any atom is 0.0736 e. The van der Waals surface area contributed by atoms with E-state index in [1.165, 1.54) is 27.7 Å². The van der Waals surface area contributed by atoms with Crippen molar-refractivity contribution in [1.29, 1.82) is 0 Å². The number of rotatable bonds is 2. The molecule has 2 nitrogen and oxygen atoms in total. The zero-order chi connectivity index (χ0) is 10.1. The van der Waals surface area contributed by atoms with Gasteiger partial charge in [-0.05, 0) is 19.4 Å². The first-order valence-corrected chi connectivity index (χ1v) is 4.79. The Balaban J connectivity index is 2.70. The van der Waals surface area contributed by atoms with Crippen LogP contribution in [0, 0.1) is 13.8 Å². The van der Waals surface area contributed by atoms with E-state index in [0.717, 1.165) is 0 Å². The van der Waals surface area contributed by atoms with E-state index < -0.39 is 0 Å². The lowest BCUT2D eigenvalue weighted by molar-refractivity contribution is 0.185. The van der Waals surface area contributed by atoms with Gasteiger partial charge in [0, 0.05) is 29.3 Å². The van der Waals surface area contributed by atoms with Gasteiger partial charge in [-0.25, -0.2) is 0 Å². The molecule has 0 spiro atoms. The first kappa shape index (κ1) is 9.28. The van der Waals surface area contributed by atoms with E-state index in [0.29, 0.717) is 6.61 Å². The van der Waals surface area contributed by atoms with Gasteiger partial charge in [-0.15, -0.1) is 0 Å². The number of aromatic nitrogens is 1. The molecule has 1 heterocycles. The van der Waals surface area contributed by atoms with Gasteiger partial charge in [0.2, 0.25) is 0 Å². The van der Waals surface area contributed by atoms with Crippen LogP contribution in [0.5, 0.6) is 0 Å². The highest BCUT2D eigenvalue weighted by Crippen LogP contribution is 2.24. The maximum atomic E-state index is 5.20. The minimum Gasteiger partial charge on any atom is -0.380 e. The number of aryl methyl sites for hydroxylation is 2. The van der Waals surface area contributed by atoms with E-state index in [9.17, 15) is 0 Å². The number of hydrogen-bond donors (Lipinski definition) is 1. The fourth-order valence-electron chi connectivity index (χ4n) is 1.88. The van der Waals surface area contributed by atoms with E-state index >= 15 is 0 Å². The summed E-state index contributed by atoms with van der Waals surface area (Å²) in [6, 6.07) is 6.35. The highest BCUT2D eigenvalue weighted by atomic mass is 16.5. The Morgan fingerprint density at radius 2 is 2.07 bits per heavy atom. The zero-order valence-corrected chi connectivity index (χ0v) is 8.85. The van der Waals surface area contributed by atoms with Gasteiger partial charge in [-0.3, -0.25) is 0 Å². The highest BCUT2D eigenvalue weighted by molar-refractivity contribution is 5.87. The fraction of sp³-hybridized carbons (Fsp3) is 0.333. The second-order valence-corrected chi connectivity index (χ2v) is 3.66. The van der Waals surface area contributed by atoms with Gasteiger partial charge in [0.25, 0.3) is 0 Å². The normalized spacial score (nSPS) is 11.1. The quantitative estimate of drug-likeness (QED) is 0.772. The van der Waals surface area contributed by atoms with Gasteiger partial charge in [-0.2, -0.15) is 0 Å². The topological polar surface area (TPSA) is 25.0 Å². The first-order chi connectivity index (χ1) is 6.74. The fourth-order valence-corrected chi connectivity index (χ4v) is 1.88. The summed E-state index contributed by atoms with van der Waals surface area (Å²) in [6.45, 7) is 4.89. The van der Waals surface area contributed by atoms with Crippen molar-refractivity contribution in [3.63, 3.8) is 0 Å². The number of para-hydroxylation sites is 1. The van der Waals surface area contributed by atoms with Crippen LogP contribution in [0.3, 0.4) is 0 Å². The van der Waals surface area contributed by atoms with Crippen molar-refractivity contribution in [1.82, 2.24) is 4.98 Å². The minimum atomic E-state index is 0.676. The molecular formula is C12H15NO. The molecule has 1 N–H and O–H groups in total. The summed E-state index contributed by atoms with van der Waals surface area (Å²) >= 11 is 0. The molecule has 2 aromatic rings. The lowest BCUT2D eigenvalue weighted by atomic mass is 10.1. The molecule has 14 heavy (non-hydrogen) atoms. The van der Waals surface area contributed by atoms with E-state index in [4.69, 9.17) is 4.74 Å². The summed E-state index contributed by atoms with van der Waals surface area (Å²) in [6.07, 6.45) is 0. The van der Waals surface area contributed by atoms with Crippen molar-refractivity contribution in [3.05, 3.63) is 35.0 Å². The molecule has 0 bridgehead atoms. The van der Waals surface area contributed by atoms with Crippen LogP contribution in [0.4, 0.5) is 0 Å². The molecule has 74 valence electrons. The number of hydrogen-bond acceptors (Lipinski definition) is 1. The van der Waals surface area contributed by atoms with Crippen LogP contribution >= 0.6 is 0 Å². The molecule has 0 amide bonds. The molecule has 0 unspecified atom stereocenters. The summed E-state index contributed by atoms with van der Waals surface area (Å²) in [5, 5.41) is 1.28. The molecule has 0 aliphatic carbocycles. The lowest BCUT2D eigenvalue weighted by Gasteiger charge is -1.99. The molecule has 0 fully saturated rings. The number of ether oxygens (including phenoxy) is 1. The molecule has 0 radical (unpaired) electrons. The Labute approximate surface area is 83.9 Å². The molecular weight excluding hydrogens is 174 g/mol. The summed E-state index contributed by atoms with van der Waals surface area (Å²) in [7, 11) is 1.73. The van der Waals surface area contributed by atoms with Crippen LogP contribution < -0.4 is 0 Å². The number of nitrogens with one attached hydrogen (secondary N) is 1. The van der Waals surface area contributed by atoms with Crippen LogP contribution in [0.25, 0.3) is 10.9 Å². The highest BCUT2D eigenvalue weighted by Gasteiger charge is 2.08. The molecule has 0 atom stereocenters. The smallest absolute Gasteiger partial charge is 0.0736 e. The van der Waals surface area contributed by atoms with Crippen LogP contribution in [0.1, 0.15) is 16.8 Å². The van der Waals surface area contributed by atoms with Crippen molar-refractivity contribution >= 4 is 10.9 Å². The molecule has 2 rings (SSSR count). The van der Waals surface area contributed by atoms with Gasteiger partial charge in [0.1, 0.15) is 0 Å². The third-order valence-corrected chi connectivity index (χ3v) is 2.65. The van der Waals surface area contributed by atoms with Gasteiger partial charge in [-0.1, -0.05) is 18.2 Å². The maximum absolute atomic E-state index is 5.20. The first-order valence-electron chi connectivity index (χ1n) is 4.79. The Morgan fingerprint density at radius 3 is 2.79 bits per heavy atom. The average Bonchev–Trinajstić information content (AvgIpc) is 2.47. The molecule has 0 saturated carbocycles. The minimum absolute atomic E-state index is 0.676. The standard InChI is InChI=1S/C12H15NO/c1-8-5-4-6-10-11(7-14-3)9(2)13-12(8)10/h4-6,13H,7H2,1-3H3. The van der Waals surface area contributed by atoms with Crippen LogP contribution in [0.15, 0.2) is 18.2 Å². The number of fused-ring (bicyclic) bond motifs is 1. The number of aromatic amines is 1. The largest absolute Gasteiger partial charge is 0.380 e. The van der Waals surface area contributed by atoms with Crippen LogP contribution in [-0.4, -0.2) is 12.1 Å². The van der Waals surface area contributed by atoms with E-state index in [1.54, 1.807) is 7.11 Å². The monoisotopic (exact) mass is 189 g/mol. The average molecular weight is 189 g/mol. The molecule has 2 heteroatoms. The SMILES string of the molecule is COCc1c(C)[nH]c2c(C)cccc12. The van der Waals surface area contributed by atoms with Gasteiger partial charge in [0.05, 0.1) is 6.61 Å². The molecule has 0 saturated heterocycles. The van der Waals surface area contributed by atoms with Crippen molar-refractivity contribution < 1.29 is 4.74 Å². The Hall–Kier alpha value is -1.28. The summed E-state index contributed by atoms with van der Waals surface area (Å²) < 4.78 is 5.20. The van der Waals surface area contributed by atoms with Gasteiger partial charge >= 0.3 is 0 Å². The number of methoxy groups -OCH3 is 1. The summed E-state index contributed by atoms with van der Waals surface area (Å²) in [4.78, 5) is 3.40. The van der Waals surface area contributed by atoms with E-state index in [1.807, 2.05) is 0 Å². The predicted molar refractivity (Wildman–Crippen MR) is 58.5 cm³/mol. The zero-order valence-electron chi connectivity index (χ0n) is 8.85. The van der Waals surface area contributed by atoms with E-state index in [-0.39, 0.29) is 0 Å². The number of H-pyrrole nitrogens is 1. The van der Waals surface area contributed by atoms with E-state index in [2.05, 4.69) is 37.0 Å². The van der Waals surface area contributed by atoms with Crippen molar-refractivity contribution in [2.75, 3.05) is 7.11 Å². The predicted octanol–water partition coefficient (Wildman–Crippen LogP) is 2.93. The van der Waals surface area contributed by atoms with Crippen LogP contribution in [-0.2, 0) is 11.3 Å². The summed E-state index contributed by atoms with van der Waals surface area (Å²) in [5.74, 6) is 0. The summed E-state index contributed by atoms with van der Waals surface area (Å²) in [5.41, 5.74) is 4.99. The number of benzene rings is 1. The van der Waals surface area contributed by atoms with Crippen molar-refractivity contribution in [3.8, 4) is 0 Å². The van der Waals surface area contributed by atoms with Crippen LogP contribution in [0.2, 0.25) is 0 Å². The molecule has 1 aromatic carbocycles. The second kappa shape index (κ2) is 3.46. The third kappa shape index (κ3) is 1.32. The molecule has 1 aromatic heterocycles. The second-order valence-electron chi connectivity index (χ2n) is 3.66. The Bertz CT molecular complexity index is 457. The Morgan fingerprint density at radius 1 is 1.29 bits per heavy atom. The lowest BCUT2D eigenvalue weighted by Crippen LogP contribution is -1.88. The Kier molecular flexibility index (Phi) is 2.30. The molecule has 0 aliphatic heterocycles. The molecule has 0 aliphatic rings. The van der Waals surface area contributed by atoms with Crippen molar-refractivity contribution in [2.45, 2.75) is 20.5 Å². The van der Waals surface area contributed by atoms with Crippen molar-refractivity contribution in [2.24, 2.45) is 0 Å².